The van der Waals surface area contributed by atoms with Gasteiger partial charge in [0.1, 0.15) is 17.5 Å². The molecular formula is C20H20N6. The number of hydrogen-bond donors (Lipinski definition) is 0. The Labute approximate surface area is 152 Å². The second-order valence-corrected chi connectivity index (χ2v) is 6.18. The second-order valence-electron chi connectivity index (χ2n) is 6.18. The van der Waals surface area contributed by atoms with Crippen molar-refractivity contribution in [2.24, 2.45) is 0 Å². The lowest BCUT2D eigenvalue weighted by atomic mass is 10.1. The SMILES string of the molecule is CCc1ncc(-c2nc3ccncc3n2-c2ccc(C)cn2)c(CC)n1. The van der Waals surface area contributed by atoms with Crippen LogP contribution in [0.2, 0.25) is 0 Å². The van der Waals surface area contributed by atoms with E-state index in [0.29, 0.717) is 0 Å². The zero-order valence-corrected chi connectivity index (χ0v) is 15.1. The molecule has 4 heterocycles. The van der Waals surface area contributed by atoms with Gasteiger partial charge in [0, 0.05) is 25.0 Å². The van der Waals surface area contributed by atoms with Crippen molar-refractivity contribution in [3.05, 3.63) is 60.1 Å². The van der Waals surface area contributed by atoms with Gasteiger partial charge in [0.2, 0.25) is 0 Å². The normalized spacial score (nSPS) is 11.2. The lowest BCUT2D eigenvalue weighted by Crippen LogP contribution is -2.05. The molecule has 0 fully saturated rings. The minimum Gasteiger partial charge on any atom is -0.275 e. The number of imidazole rings is 1. The molecule has 0 aliphatic rings. The fourth-order valence-electron chi connectivity index (χ4n) is 3.01. The third-order valence-corrected chi connectivity index (χ3v) is 4.39. The van der Waals surface area contributed by atoms with Gasteiger partial charge in [-0.05, 0) is 31.0 Å². The molecule has 0 atom stereocenters. The van der Waals surface area contributed by atoms with E-state index in [1.165, 1.54) is 0 Å². The van der Waals surface area contributed by atoms with Crippen LogP contribution in [0.1, 0.15) is 30.9 Å². The molecule has 130 valence electrons. The van der Waals surface area contributed by atoms with Crippen LogP contribution in [0.3, 0.4) is 0 Å². The lowest BCUT2D eigenvalue weighted by molar-refractivity contribution is 0.883. The number of fused-ring (bicyclic) bond motifs is 1. The molecule has 0 aromatic carbocycles. The van der Waals surface area contributed by atoms with Crippen LogP contribution in [0.25, 0.3) is 28.2 Å². The second kappa shape index (κ2) is 6.63. The molecule has 0 amide bonds. The van der Waals surface area contributed by atoms with Crippen molar-refractivity contribution >= 4 is 11.0 Å². The van der Waals surface area contributed by atoms with Crippen molar-refractivity contribution < 1.29 is 0 Å². The summed E-state index contributed by atoms with van der Waals surface area (Å²) >= 11 is 0. The summed E-state index contributed by atoms with van der Waals surface area (Å²) in [5.74, 6) is 2.45. The standard InChI is InChI=1S/C20H20N6/c1-4-15-14(11-22-18(5-2)24-15)20-25-16-8-9-21-12-17(16)26(20)19-7-6-13(3)10-23-19/h6-12H,4-5H2,1-3H3. The highest BCUT2D eigenvalue weighted by Gasteiger charge is 2.18. The minimum atomic E-state index is 0.795. The molecule has 0 aliphatic heterocycles. The summed E-state index contributed by atoms with van der Waals surface area (Å²) in [6, 6.07) is 5.96. The van der Waals surface area contributed by atoms with Crippen molar-refractivity contribution in [1.82, 2.24) is 29.5 Å². The molecule has 0 saturated carbocycles. The van der Waals surface area contributed by atoms with E-state index in [1.54, 1.807) is 6.20 Å². The van der Waals surface area contributed by atoms with Gasteiger partial charge in [0.25, 0.3) is 0 Å². The Morgan fingerprint density at radius 2 is 1.81 bits per heavy atom. The Hall–Kier alpha value is -3.15. The first-order valence-corrected chi connectivity index (χ1v) is 8.82. The van der Waals surface area contributed by atoms with Crippen LogP contribution in [0.4, 0.5) is 0 Å². The largest absolute Gasteiger partial charge is 0.275 e. The molecular weight excluding hydrogens is 324 g/mol. The highest BCUT2D eigenvalue weighted by atomic mass is 15.1. The molecule has 4 aromatic rings. The molecule has 0 saturated heterocycles. The summed E-state index contributed by atoms with van der Waals surface area (Å²) in [4.78, 5) is 22.9. The van der Waals surface area contributed by atoms with E-state index in [4.69, 9.17) is 9.97 Å². The predicted molar refractivity (Wildman–Crippen MR) is 101 cm³/mol. The molecule has 6 heteroatoms. The fraction of sp³-hybridized carbons (Fsp3) is 0.250. The maximum Gasteiger partial charge on any atom is 0.150 e. The third-order valence-electron chi connectivity index (χ3n) is 4.39. The van der Waals surface area contributed by atoms with Gasteiger partial charge in [0.05, 0.1) is 28.5 Å². The summed E-state index contributed by atoms with van der Waals surface area (Å²) in [5.41, 5.74) is 4.83. The molecule has 4 rings (SSSR count). The van der Waals surface area contributed by atoms with E-state index in [2.05, 4.69) is 28.8 Å². The molecule has 0 aliphatic carbocycles. The maximum atomic E-state index is 4.85. The van der Waals surface area contributed by atoms with Crippen LogP contribution in [-0.2, 0) is 12.8 Å². The van der Waals surface area contributed by atoms with Gasteiger partial charge >= 0.3 is 0 Å². The first kappa shape index (κ1) is 16.3. The van der Waals surface area contributed by atoms with Crippen molar-refractivity contribution in [1.29, 1.82) is 0 Å². The van der Waals surface area contributed by atoms with Gasteiger partial charge in [-0.2, -0.15) is 0 Å². The molecule has 0 radical (unpaired) electrons. The minimum absolute atomic E-state index is 0.795. The summed E-state index contributed by atoms with van der Waals surface area (Å²) in [6.07, 6.45) is 8.94. The van der Waals surface area contributed by atoms with Gasteiger partial charge in [-0.15, -0.1) is 0 Å². The van der Waals surface area contributed by atoms with E-state index < -0.39 is 0 Å². The highest BCUT2D eigenvalue weighted by molar-refractivity contribution is 5.82. The fourth-order valence-corrected chi connectivity index (χ4v) is 3.01. The molecule has 6 nitrogen and oxygen atoms in total. The Morgan fingerprint density at radius 3 is 2.54 bits per heavy atom. The maximum absolute atomic E-state index is 4.85. The number of nitrogens with zero attached hydrogens (tertiary/aromatic N) is 6. The van der Waals surface area contributed by atoms with Crippen LogP contribution in [0.15, 0.2) is 43.0 Å². The van der Waals surface area contributed by atoms with Gasteiger partial charge in [-0.3, -0.25) is 9.55 Å². The first-order chi connectivity index (χ1) is 12.7. The monoisotopic (exact) mass is 344 g/mol. The zero-order chi connectivity index (χ0) is 18.1. The summed E-state index contributed by atoms with van der Waals surface area (Å²) in [5, 5.41) is 0. The zero-order valence-electron chi connectivity index (χ0n) is 15.1. The smallest absolute Gasteiger partial charge is 0.150 e. The van der Waals surface area contributed by atoms with Crippen LogP contribution < -0.4 is 0 Å². The highest BCUT2D eigenvalue weighted by Crippen LogP contribution is 2.29. The van der Waals surface area contributed by atoms with E-state index in [1.807, 2.05) is 48.3 Å². The molecule has 4 aromatic heterocycles. The van der Waals surface area contributed by atoms with Gasteiger partial charge in [-0.1, -0.05) is 19.9 Å². The van der Waals surface area contributed by atoms with Crippen LogP contribution in [0.5, 0.6) is 0 Å². The predicted octanol–water partition coefficient (Wildman–Crippen LogP) is 3.71. The Morgan fingerprint density at radius 1 is 0.923 bits per heavy atom. The first-order valence-electron chi connectivity index (χ1n) is 8.82. The molecule has 0 unspecified atom stereocenters. The number of rotatable bonds is 4. The Bertz CT molecular complexity index is 1070. The van der Waals surface area contributed by atoms with Crippen LogP contribution in [0, 0.1) is 6.92 Å². The quantitative estimate of drug-likeness (QED) is 0.564. The van der Waals surface area contributed by atoms with Crippen LogP contribution in [-0.4, -0.2) is 29.5 Å². The van der Waals surface area contributed by atoms with E-state index in [9.17, 15) is 0 Å². The molecule has 26 heavy (non-hydrogen) atoms. The molecule has 0 bridgehead atoms. The van der Waals surface area contributed by atoms with Crippen molar-refractivity contribution in [3.63, 3.8) is 0 Å². The summed E-state index contributed by atoms with van der Waals surface area (Å²) in [6.45, 7) is 6.19. The van der Waals surface area contributed by atoms with Crippen LogP contribution >= 0.6 is 0 Å². The van der Waals surface area contributed by atoms with E-state index in [-0.39, 0.29) is 0 Å². The summed E-state index contributed by atoms with van der Waals surface area (Å²) in [7, 11) is 0. The van der Waals surface area contributed by atoms with E-state index >= 15 is 0 Å². The Balaban J connectivity index is 2.01. The van der Waals surface area contributed by atoms with E-state index in [0.717, 1.165) is 58.2 Å². The third kappa shape index (κ3) is 2.73. The average molecular weight is 344 g/mol. The average Bonchev–Trinajstić information content (AvgIpc) is 3.07. The topological polar surface area (TPSA) is 69.4 Å². The lowest BCUT2D eigenvalue weighted by Gasteiger charge is -2.11. The van der Waals surface area contributed by atoms with Crippen molar-refractivity contribution in [2.45, 2.75) is 33.6 Å². The van der Waals surface area contributed by atoms with Crippen molar-refractivity contribution in [3.8, 4) is 17.2 Å². The Kier molecular flexibility index (Phi) is 4.16. The summed E-state index contributed by atoms with van der Waals surface area (Å²) < 4.78 is 2.03. The molecule has 0 spiro atoms. The van der Waals surface area contributed by atoms with Gasteiger partial charge in [-0.25, -0.2) is 19.9 Å². The number of aryl methyl sites for hydroxylation is 3. The van der Waals surface area contributed by atoms with Gasteiger partial charge in [0.15, 0.2) is 0 Å². The number of hydrogen-bond acceptors (Lipinski definition) is 5. The molecule has 0 N–H and O–H groups in total. The number of pyridine rings is 2. The number of aromatic nitrogens is 6. The van der Waals surface area contributed by atoms with Crippen molar-refractivity contribution in [2.75, 3.05) is 0 Å². The van der Waals surface area contributed by atoms with Gasteiger partial charge < -0.3 is 0 Å².